The van der Waals surface area contributed by atoms with E-state index >= 15 is 0 Å². The van der Waals surface area contributed by atoms with Crippen molar-refractivity contribution < 1.29 is 4.79 Å². The second-order valence-electron chi connectivity index (χ2n) is 6.00. The van der Waals surface area contributed by atoms with Gasteiger partial charge in [-0.25, -0.2) is 0 Å². The van der Waals surface area contributed by atoms with Gasteiger partial charge in [0, 0.05) is 38.6 Å². The van der Waals surface area contributed by atoms with Gasteiger partial charge >= 0.3 is 0 Å². The van der Waals surface area contributed by atoms with Crippen LogP contribution in [0.3, 0.4) is 0 Å². The topological polar surface area (TPSA) is 35.6 Å². The van der Waals surface area contributed by atoms with Crippen molar-refractivity contribution in [2.75, 3.05) is 33.2 Å². The number of piperidine rings is 1. The van der Waals surface area contributed by atoms with Crippen LogP contribution in [0.25, 0.3) is 0 Å². The maximum absolute atomic E-state index is 12.2. The molecule has 1 unspecified atom stereocenters. The van der Waals surface area contributed by atoms with Gasteiger partial charge in [-0.05, 0) is 45.2 Å². The predicted octanol–water partition coefficient (Wildman–Crippen LogP) is 2.30. The highest BCUT2D eigenvalue weighted by Gasteiger charge is 2.25. The lowest BCUT2D eigenvalue weighted by Gasteiger charge is -2.36. The SMILES string of the molecule is CCN1CCC(N(C)C(=O)CCC2CCCN2)CC1.Cl.Cl. The van der Waals surface area contributed by atoms with Gasteiger partial charge in [0.05, 0.1) is 0 Å². The fourth-order valence-corrected chi connectivity index (χ4v) is 3.30. The Balaban J connectivity index is 0.00000200. The number of carbonyl (C=O) groups excluding carboxylic acids is 1. The Kier molecular flexibility index (Phi) is 10.6. The molecule has 0 aromatic rings. The van der Waals surface area contributed by atoms with Crippen molar-refractivity contribution in [1.29, 1.82) is 0 Å². The van der Waals surface area contributed by atoms with E-state index in [0.717, 1.165) is 45.4 Å². The molecule has 0 aromatic carbocycles. The van der Waals surface area contributed by atoms with Crippen LogP contribution in [-0.2, 0) is 4.79 Å². The summed E-state index contributed by atoms with van der Waals surface area (Å²) in [7, 11) is 2.00. The zero-order valence-electron chi connectivity index (χ0n) is 13.3. The normalized spacial score (nSPS) is 23.2. The van der Waals surface area contributed by atoms with Crippen LogP contribution >= 0.6 is 24.8 Å². The Bertz CT molecular complexity index is 291. The monoisotopic (exact) mass is 339 g/mol. The van der Waals surface area contributed by atoms with E-state index < -0.39 is 0 Å². The number of carbonyl (C=O) groups is 1. The summed E-state index contributed by atoms with van der Waals surface area (Å²) < 4.78 is 0. The molecule has 1 N–H and O–H groups in total. The summed E-state index contributed by atoms with van der Waals surface area (Å²) >= 11 is 0. The summed E-state index contributed by atoms with van der Waals surface area (Å²) in [6.45, 7) is 6.76. The summed E-state index contributed by atoms with van der Waals surface area (Å²) in [5.41, 5.74) is 0. The van der Waals surface area contributed by atoms with Gasteiger partial charge in [-0.3, -0.25) is 4.79 Å². The second-order valence-corrected chi connectivity index (χ2v) is 6.00. The third-order valence-corrected chi connectivity index (χ3v) is 4.81. The number of hydrogen-bond acceptors (Lipinski definition) is 3. The van der Waals surface area contributed by atoms with E-state index in [-0.39, 0.29) is 24.8 Å². The van der Waals surface area contributed by atoms with Crippen molar-refractivity contribution in [3.8, 4) is 0 Å². The predicted molar refractivity (Wildman–Crippen MR) is 92.7 cm³/mol. The third kappa shape index (κ3) is 6.31. The van der Waals surface area contributed by atoms with Crippen molar-refractivity contribution in [1.82, 2.24) is 15.1 Å². The largest absolute Gasteiger partial charge is 0.343 e. The first-order chi connectivity index (χ1) is 9.20. The number of rotatable bonds is 5. The number of amides is 1. The average Bonchev–Trinajstić information content (AvgIpc) is 2.97. The molecule has 0 aliphatic carbocycles. The maximum atomic E-state index is 12.2. The number of halogens is 2. The number of likely N-dealkylation sites (tertiary alicyclic amines) is 1. The first kappa shape index (κ1) is 21.0. The highest BCUT2D eigenvalue weighted by Crippen LogP contribution is 2.17. The minimum Gasteiger partial charge on any atom is -0.343 e. The standard InChI is InChI=1S/C15H29N3O.2ClH/c1-3-18-11-8-14(9-12-18)17(2)15(19)7-6-13-5-4-10-16-13;;/h13-14,16H,3-12H2,1-2H3;2*1H. The number of nitrogens with one attached hydrogen (secondary N) is 1. The molecule has 4 nitrogen and oxygen atoms in total. The van der Waals surface area contributed by atoms with Crippen LogP contribution in [0.5, 0.6) is 0 Å². The maximum Gasteiger partial charge on any atom is 0.222 e. The quantitative estimate of drug-likeness (QED) is 0.834. The highest BCUT2D eigenvalue weighted by atomic mass is 35.5. The molecule has 0 bridgehead atoms. The van der Waals surface area contributed by atoms with E-state index in [9.17, 15) is 4.79 Å². The molecule has 21 heavy (non-hydrogen) atoms. The lowest BCUT2D eigenvalue weighted by atomic mass is 10.0. The van der Waals surface area contributed by atoms with Gasteiger partial charge in [0.2, 0.25) is 5.91 Å². The molecule has 0 spiro atoms. The van der Waals surface area contributed by atoms with Crippen LogP contribution < -0.4 is 5.32 Å². The Morgan fingerprint density at radius 1 is 1.24 bits per heavy atom. The van der Waals surface area contributed by atoms with Gasteiger partial charge in [-0.15, -0.1) is 24.8 Å². The minimum absolute atomic E-state index is 0. The molecule has 126 valence electrons. The van der Waals surface area contributed by atoms with Gasteiger partial charge in [-0.1, -0.05) is 6.92 Å². The van der Waals surface area contributed by atoms with Crippen molar-refractivity contribution >= 4 is 30.7 Å². The van der Waals surface area contributed by atoms with Crippen LogP contribution in [0, 0.1) is 0 Å². The molecule has 1 atom stereocenters. The van der Waals surface area contributed by atoms with E-state index in [1.807, 2.05) is 11.9 Å². The summed E-state index contributed by atoms with van der Waals surface area (Å²) in [5, 5.41) is 3.47. The Labute approximate surface area is 141 Å². The van der Waals surface area contributed by atoms with E-state index in [1.54, 1.807) is 0 Å². The first-order valence-electron chi connectivity index (χ1n) is 7.92. The lowest BCUT2D eigenvalue weighted by Crippen LogP contribution is -2.45. The Hall–Kier alpha value is -0.0300. The number of nitrogens with zero attached hydrogens (tertiary/aromatic N) is 2. The second kappa shape index (κ2) is 10.7. The van der Waals surface area contributed by atoms with Gasteiger partial charge in [0.1, 0.15) is 0 Å². The van der Waals surface area contributed by atoms with E-state index in [4.69, 9.17) is 0 Å². The molecule has 0 saturated carbocycles. The van der Waals surface area contributed by atoms with Crippen LogP contribution in [0.4, 0.5) is 0 Å². The van der Waals surface area contributed by atoms with E-state index in [0.29, 0.717) is 24.4 Å². The van der Waals surface area contributed by atoms with E-state index in [2.05, 4.69) is 17.1 Å². The molecule has 0 aromatic heterocycles. The first-order valence-corrected chi connectivity index (χ1v) is 7.92. The molecule has 0 radical (unpaired) electrons. The zero-order valence-corrected chi connectivity index (χ0v) is 15.0. The molecule has 2 fully saturated rings. The van der Waals surface area contributed by atoms with Gasteiger partial charge < -0.3 is 15.1 Å². The summed E-state index contributed by atoms with van der Waals surface area (Å²) in [5.74, 6) is 0.337. The lowest BCUT2D eigenvalue weighted by molar-refractivity contribution is -0.133. The van der Waals surface area contributed by atoms with Crippen molar-refractivity contribution in [2.45, 2.75) is 57.5 Å². The number of hydrogen-bond donors (Lipinski definition) is 1. The molecule has 2 rings (SSSR count). The molecule has 2 saturated heterocycles. The van der Waals surface area contributed by atoms with Crippen molar-refractivity contribution in [3.05, 3.63) is 0 Å². The van der Waals surface area contributed by atoms with Crippen molar-refractivity contribution in [2.24, 2.45) is 0 Å². The molecule has 6 heteroatoms. The molecule has 2 aliphatic rings. The van der Waals surface area contributed by atoms with E-state index in [1.165, 1.54) is 12.8 Å². The van der Waals surface area contributed by atoms with Crippen molar-refractivity contribution in [3.63, 3.8) is 0 Å². The smallest absolute Gasteiger partial charge is 0.222 e. The fraction of sp³-hybridized carbons (Fsp3) is 0.933. The van der Waals surface area contributed by atoms with Gasteiger partial charge in [-0.2, -0.15) is 0 Å². The van der Waals surface area contributed by atoms with Gasteiger partial charge in [0.15, 0.2) is 0 Å². The Morgan fingerprint density at radius 3 is 2.43 bits per heavy atom. The highest BCUT2D eigenvalue weighted by molar-refractivity contribution is 5.85. The average molecular weight is 340 g/mol. The van der Waals surface area contributed by atoms with Gasteiger partial charge in [0.25, 0.3) is 0 Å². The molecule has 1 amide bonds. The van der Waals surface area contributed by atoms with Crippen LogP contribution in [0.15, 0.2) is 0 Å². The third-order valence-electron chi connectivity index (χ3n) is 4.81. The zero-order chi connectivity index (χ0) is 13.7. The summed E-state index contributed by atoms with van der Waals surface area (Å²) in [4.78, 5) is 16.7. The molecule has 2 aliphatic heterocycles. The Morgan fingerprint density at radius 2 is 1.90 bits per heavy atom. The van der Waals surface area contributed by atoms with Crippen LogP contribution in [0.1, 0.15) is 45.4 Å². The minimum atomic E-state index is 0. The molecular weight excluding hydrogens is 309 g/mol. The van der Waals surface area contributed by atoms with Crippen LogP contribution in [0.2, 0.25) is 0 Å². The fourth-order valence-electron chi connectivity index (χ4n) is 3.30. The molecule has 2 heterocycles. The van der Waals surface area contributed by atoms with Crippen LogP contribution in [-0.4, -0.2) is 61.0 Å². The molecular formula is C15H31Cl2N3O. The summed E-state index contributed by atoms with van der Waals surface area (Å²) in [6.07, 6.45) is 6.50. The summed E-state index contributed by atoms with van der Waals surface area (Å²) in [6, 6.07) is 1.05.